The minimum atomic E-state index is -6.79. The number of rotatable bonds is 4. The number of hydrogen-bond acceptors (Lipinski definition) is 2. The van der Waals surface area contributed by atoms with Crippen LogP contribution in [0.1, 0.15) is 12.0 Å². The molecule has 0 saturated carbocycles. The van der Waals surface area contributed by atoms with Crippen LogP contribution in [0, 0.1) is 0 Å². The van der Waals surface area contributed by atoms with Gasteiger partial charge in [0.2, 0.25) is 9.84 Å². The summed E-state index contributed by atoms with van der Waals surface area (Å²) in [5.41, 5.74) is 0.346. The molecule has 0 saturated heterocycles. The number of sulfone groups is 1. The molecule has 0 radical (unpaired) electrons. The van der Waals surface area contributed by atoms with Gasteiger partial charge >= 0.3 is 17.4 Å². The third-order valence-electron chi connectivity index (χ3n) is 3.79. The van der Waals surface area contributed by atoms with Crippen molar-refractivity contribution in [2.75, 3.05) is 0 Å². The summed E-state index contributed by atoms with van der Waals surface area (Å²) in [6, 6.07) is 6.20. The van der Waals surface area contributed by atoms with E-state index < -0.39 is 36.4 Å². The van der Waals surface area contributed by atoms with E-state index in [4.69, 9.17) is 0 Å². The van der Waals surface area contributed by atoms with Crippen LogP contribution in [-0.4, -0.2) is 25.8 Å². The highest BCUT2D eigenvalue weighted by atomic mass is 79.9. The van der Waals surface area contributed by atoms with Crippen molar-refractivity contribution in [2.45, 2.75) is 28.1 Å². The molecular formula is C15H8Br3F7O2S. The molecule has 1 unspecified atom stereocenters. The third-order valence-corrected chi connectivity index (χ3v) is 7.71. The Morgan fingerprint density at radius 1 is 0.964 bits per heavy atom. The quantitative estimate of drug-likeness (QED) is 0.273. The van der Waals surface area contributed by atoms with Crippen LogP contribution >= 0.6 is 47.8 Å². The van der Waals surface area contributed by atoms with Gasteiger partial charge in [0.1, 0.15) is 0 Å². The van der Waals surface area contributed by atoms with Crippen molar-refractivity contribution in [1.29, 1.82) is 0 Å². The van der Waals surface area contributed by atoms with E-state index in [0.717, 1.165) is 0 Å². The maximum Gasteiger partial charge on any atom is 0.461 e. The molecular weight excluding hydrogens is 617 g/mol. The number of halogens is 10. The molecule has 1 aromatic rings. The van der Waals surface area contributed by atoms with Crippen molar-refractivity contribution in [2.24, 2.45) is 0 Å². The summed E-state index contributed by atoms with van der Waals surface area (Å²) in [4.78, 5) is -1.38. The van der Waals surface area contributed by atoms with E-state index in [2.05, 4.69) is 47.8 Å². The van der Waals surface area contributed by atoms with E-state index in [1.54, 1.807) is 18.2 Å². The summed E-state index contributed by atoms with van der Waals surface area (Å²) >= 11 is 9.31. The molecule has 0 fully saturated rings. The van der Waals surface area contributed by atoms with Gasteiger partial charge in [-0.25, -0.2) is 8.42 Å². The van der Waals surface area contributed by atoms with Crippen LogP contribution in [0.3, 0.4) is 0 Å². The molecule has 1 atom stereocenters. The second-order valence-corrected chi connectivity index (χ2v) is 11.0. The Balaban J connectivity index is 2.68. The standard InChI is InChI=1S/C15H8Br3F7O2S/c16-8-5-9(7-12(18,6-8)10-3-1-2-4-11(10)17)28(26,27)15(24,25)13(19,20)14(21,22)23/h1-5,7H,6H2. The van der Waals surface area contributed by atoms with Gasteiger partial charge in [0.25, 0.3) is 0 Å². The number of allylic oxidation sites excluding steroid dienone is 3. The fourth-order valence-corrected chi connectivity index (χ4v) is 6.95. The monoisotopic (exact) mass is 622 g/mol. The SMILES string of the molecule is O=S(=O)(C1=CC(Br)(c2ccccc2Br)CC(Br)=C1)C(F)(F)C(F)(F)C(F)(F)F. The largest absolute Gasteiger partial charge is 0.461 e. The lowest BCUT2D eigenvalue weighted by atomic mass is 9.92. The van der Waals surface area contributed by atoms with Crippen molar-refractivity contribution >= 4 is 57.6 Å². The second kappa shape index (κ2) is 7.38. The first-order chi connectivity index (χ1) is 12.5. The Morgan fingerprint density at radius 3 is 2.00 bits per heavy atom. The van der Waals surface area contributed by atoms with Crippen LogP contribution in [0.2, 0.25) is 0 Å². The fraction of sp³-hybridized carbons (Fsp3) is 0.333. The molecule has 0 spiro atoms. The van der Waals surface area contributed by atoms with Crippen LogP contribution < -0.4 is 0 Å². The zero-order valence-electron chi connectivity index (χ0n) is 13.2. The Hall–Kier alpha value is -0.400. The van der Waals surface area contributed by atoms with E-state index in [1.807, 2.05) is 0 Å². The first kappa shape index (κ1) is 23.9. The van der Waals surface area contributed by atoms with Gasteiger partial charge in [-0.15, -0.1) is 0 Å². The molecule has 1 aromatic carbocycles. The van der Waals surface area contributed by atoms with Gasteiger partial charge in [-0.1, -0.05) is 66.0 Å². The van der Waals surface area contributed by atoms with E-state index in [-0.39, 0.29) is 10.9 Å². The fourth-order valence-electron chi connectivity index (χ4n) is 2.38. The van der Waals surface area contributed by atoms with Crippen LogP contribution in [0.25, 0.3) is 0 Å². The maximum atomic E-state index is 14.0. The molecule has 13 heteroatoms. The molecule has 0 aliphatic heterocycles. The molecule has 0 bridgehead atoms. The zero-order chi connectivity index (χ0) is 21.8. The highest BCUT2D eigenvalue weighted by Crippen LogP contribution is 2.53. The molecule has 0 heterocycles. The maximum absolute atomic E-state index is 14.0. The predicted octanol–water partition coefficient (Wildman–Crippen LogP) is 6.81. The lowest BCUT2D eigenvalue weighted by Gasteiger charge is -2.32. The second-order valence-electron chi connectivity index (χ2n) is 5.75. The average Bonchev–Trinajstić information content (AvgIpc) is 2.52. The summed E-state index contributed by atoms with van der Waals surface area (Å²) in [5.74, 6) is -6.79. The highest BCUT2D eigenvalue weighted by molar-refractivity contribution is 9.12. The van der Waals surface area contributed by atoms with Gasteiger partial charge in [0, 0.05) is 10.9 Å². The normalized spacial score (nSPS) is 21.9. The van der Waals surface area contributed by atoms with E-state index in [1.165, 1.54) is 6.07 Å². The van der Waals surface area contributed by atoms with Crippen molar-refractivity contribution < 1.29 is 39.2 Å². The van der Waals surface area contributed by atoms with Crippen LogP contribution in [-0.2, 0) is 14.2 Å². The van der Waals surface area contributed by atoms with Crippen LogP contribution in [0.5, 0.6) is 0 Å². The predicted molar refractivity (Wildman–Crippen MR) is 99.3 cm³/mol. The molecule has 2 nitrogen and oxygen atoms in total. The Kier molecular flexibility index (Phi) is 6.29. The summed E-state index contributed by atoms with van der Waals surface area (Å²) in [7, 11) is -6.42. The Labute approximate surface area is 180 Å². The topological polar surface area (TPSA) is 34.1 Å². The van der Waals surface area contributed by atoms with Crippen molar-refractivity contribution in [3.63, 3.8) is 0 Å². The minimum Gasteiger partial charge on any atom is -0.217 e. The summed E-state index contributed by atoms with van der Waals surface area (Å²) in [5, 5.41) is -6.42. The van der Waals surface area contributed by atoms with E-state index in [9.17, 15) is 39.2 Å². The molecule has 0 aromatic heterocycles. The molecule has 28 heavy (non-hydrogen) atoms. The average molecular weight is 625 g/mol. The molecule has 1 aliphatic carbocycles. The van der Waals surface area contributed by atoms with Crippen molar-refractivity contribution in [1.82, 2.24) is 0 Å². The van der Waals surface area contributed by atoms with Crippen LogP contribution in [0.4, 0.5) is 30.7 Å². The Bertz CT molecular complexity index is 955. The van der Waals surface area contributed by atoms with E-state index in [0.29, 0.717) is 22.2 Å². The smallest absolute Gasteiger partial charge is 0.217 e. The van der Waals surface area contributed by atoms with Crippen molar-refractivity contribution in [3.8, 4) is 0 Å². The van der Waals surface area contributed by atoms with E-state index >= 15 is 0 Å². The molecule has 156 valence electrons. The molecule has 0 N–H and O–H groups in total. The van der Waals surface area contributed by atoms with Gasteiger partial charge in [0.15, 0.2) is 0 Å². The summed E-state index contributed by atoms with van der Waals surface area (Å²) < 4.78 is 115. The lowest BCUT2D eigenvalue weighted by Crippen LogP contribution is -2.56. The van der Waals surface area contributed by atoms with Gasteiger partial charge in [0.05, 0.1) is 9.23 Å². The summed E-state index contributed by atoms with van der Waals surface area (Å²) in [6.45, 7) is 0. The molecule has 1 aliphatic rings. The zero-order valence-corrected chi connectivity index (χ0v) is 18.8. The van der Waals surface area contributed by atoms with Gasteiger partial charge in [-0.05, 0) is 28.3 Å². The molecule has 0 amide bonds. The first-order valence-electron chi connectivity index (χ1n) is 7.07. The highest BCUT2D eigenvalue weighted by Gasteiger charge is 2.79. The van der Waals surface area contributed by atoms with Crippen molar-refractivity contribution in [3.05, 3.63) is 55.8 Å². The van der Waals surface area contributed by atoms with Gasteiger partial charge in [-0.2, -0.15) is 30.7 Å². The molecule has 2 rings (SSSR count). The lowest BCUT2D eigenvalue weighted by molar-refractivity contribution is -0.331. The number of benzene rings is 1. The first-order valence-corrected chi connectivity index (χ1v) is 10.9. The van der Waals surface area contributed by atoms with Gasteiger partial charge in [-0.3, -0.25) is 0 Å². The number of alkyl halides is 8. The third kappa shape index (κ3) is 3.83. The Morgan fingerprint density at radius 2 is 1.50 bits per heavy atom. The van der Waals surface area contributed by atoms with Gasteiger partial charge < -0.3 is 0 Å². The van der Waals surface area contributed by atoms with Crippen LogP contribution in [0.15, 0.2) is 50.3 Å². The number of hydrogen-bond donors (Lipinski definition) is 0. The summed E-state index contributed by atoms with van der Waals surface area (Å²) in [6.07, 6.45) is -5.54. The minimum absolute atomic E-state index is 0.00710.